The highest BCUT2D eigenvalue weighted by Crippen LogP contribution is 2.17. The van der Waals surface area contributed by atoms with Gasteiger partial charge in [-0.25, -0.2) is 0 Å². The van der Waals surface area contributed by atoms with Crippen molar-refractivity contribution >= 4 is 11.3 Å². The van der Waals surface area contributed by atoms with Crippen molar-refractivity contribution in [2.24, 2.45) is 0 Å². The van der Waals surface area contributed by atoms with Gasteiger partial charge >= 0.3 is 0 Å². The quantitative estimate of drug-likeness (QED) is 0.851. The summed E-state index contributed by atoms with van der Waals surface area (Å²) in [7, 11) is 0. The fourth-order valence-electron chi connectivity index (χ4n) is 2.43. The molecule has 0 aliphatic heterocycles. The minimum Gasteiger partial charge on any atom is -0.310 e. The lowest BCUT2D eigenvalue weighted by molar-refractivity contribution is 0.548. The molecule has 1 N–H and O–H groups in total. The Balaban J connectivity index is 1.87. The molecule has 0 saturated heterocycles. The first-order valence-electron chi connectivity index (χ1n) is 6.89. The van der Waals surface area contributed by atoms with Crippen molar-refractivity contribution in [3.05, 3.63) is 56.8 Å². The molecule has 0 saturated carbocycles. The molecule has 1 heterocycles. The van der Waals surface area contributed by atoms with Crippen molar-refractivity contribution in [3.63, 3.8) is 0 Å². The summed E-state index contributed by atoms with van der Waals surface area (Å²) in [6.07, 6.45) is 1.11. The van der Waals surface area contributed by atoms with Crippen molar-refractivity contribution < 1.29 is 0 Å². The van der Waals surface area contributed by atoms with E-state index < -0.39 is 0 Å². The maximum Gasteiger partial charge on any atom is 0.0208 e. The Morgan fingerprint density at radius 3 is 2.32 bits per heavy atom. The standard InChI is InChI=1S/C17H23NS/c1-12-7-13(2)9-16(8-12)11-18-14(3)10-17-6-5-15(4)19-17/h5-9,14,18H,10-11H2,1-4H3. The van der Waals surface area contributed by atoms with Gasteiger partial charge in [-0.15, -0.1) is 11.3 Å². The first-order valence-corrected chi connectivity index (χ1v) is 7.70. The fourth-order valence-corrected chi connectivity index (χ4v) is 3.45. The van der Waals surface area contributed by atoms with E-state index in [0.29, 0.717) is 6.04 Å². The average molecular weight is 273 g/mol. The largest absolute Gasteiger partial charge is 0.310 e. The Labute approximate surface area is 120 Å². The molecule has 1 unspecified atom stereocenters. The smallest absolute Gasteiger partial charge is 0.0208 e. The van der Waals surface area contributed by atoms with Crippen LogP contribution in [0.1, 0.15) is 33.4 Å². The molecule has 1 aromatic heterocycles. The molecule has 0 fully saturated rings. The van der Waals surface area contributed by atoms with E-state index in [2.05, 4.69) is 63.3 Å². The van der Waals surface area contributed by atoms with Crippen LogP contribution in [0.5, 0.6) is 0 Å². The van der Waals surface area contributed by atoms with Gasteiger partial charge in [0.25, 0.3) is 0 Å². The van der Waals surface area contributed by atoms with Crippen molar-refractivity contribution in [1.82, 2.24) is 5.32 Å². The van der Waals surface area contributed by atoms with E-state index >= 15 is 0 Å². The Hall–Kier alpha value is -1.12. The van der Waals surface area contributed by atoms with Gasteiger partial charge in [0.05, 0.1) is 0 Å². The Morgan fingerprint density at radius 2 is 1.74 bits per heavy atom. The van der Waals surface area contributed by atoms with Gasteiger partial charge in [0.15, 0.2) is 0 Å². The maximum atomic E-state index is 3.62. The zero-order chi connectivity index (χ0) is 13.8. The molecule has 0 aliphatic rings. The number of nitrogens with one attached hydrogen (secondary N) is 1. The summed E-state index contributed by atoms with van der Waals surface area (Å²) >= 11 is 1.90. The summed E-state index contributed by atoms with van der Waals surface area (Å²) in [6.45, 7) is 9.70. The number of hydrogen-bond donors (Lipinski definition) is 1. The second-order valence-electron chi connectivity index (χ2n) is 5.49. The van der Waals surface area contributed by atoms with Crippen LogP contribution >= 0.6 is 11.3 Å². The SMILES string of the molecule is Cc1cc(C)cc(CNC(C)Cc2ccc(C)s2)c1. The third-order valence-electron chi connectivity index (χ3n) is 3.24. The summed E-state index contributed by atoms with van der Waals surface area (Å²) in [4.78, 5) is 2.87. The lowest BCUT2D eigenvalue weighted by Gasteiger charge is -2.13. The van der Waals surface area contributed by atoms with Crippen molar-refractivity contribution in [2.45, 2.75) is 46.7 Å². The maximum absolute atomic E-state index is 3.62. The molecule has 2 rings (SSSR count). The van der Waals surface area contributed by atoms with Gasteiger partial charge in [-0.1, -0.05) is 29.3 Å². The monoisotopic (exact) mass is 273 g/mol. The Kier molecular flexibility index (Phi) is 4.78. The van der Waals surface area contributed by atoms with Crippen molar-refractivity contribution in [1.29, 1.82) is 0 Å². The normalized spacial score (nSPS) is 12.6. The number of rotatable bonds is 5. The van der Waals surface area contributed by atoms with Gasteiger partial charge in [-0.3, -0.25) is 0 Å². The zero-order valence-corrected chi connectivity index (χ0v) is 13.1. The number of aryl methyl sites for hydroxylation is 3. The van der Waals surface area contributed by atoms with Crippen LogP contribution in [0.2, 0.25) is 0 Å². The lowest BCUT2D eigenvalue weighted by atomic mass is 10.1. The van der Waals surface area contributed by atoms with Crippen LogP contribution in [0, 0.1) is 20.8 Å². The molecule has 1 nitrogen and oxygen atoms in total. The zero-order valence-electron chi connectivity index (χ0n) is 12.3. The minimum absolute atomic E-state index is 0.513. The van der Waals surface area contributed by atoms with Crippen LogP contribution in [0.15, 0.2) is 30.3 Å². The molecule has 102 valence electrons. The van der Waals surface area contributed by atoms with Crippen molar-refractivity contribution in [3.8, 4) is 0 Å². The topological polar surface area (TPSA) is 12.0 Å². The van der Waals surface area contributed by atoms with E-state index in [9.17, 15) is 0 Å². The van der Waals surface area contributed by atoms with E-state index in [0.717, 1.165) is 13.0 Å². The highest BCUT2D eigenvalue weighted by atomic mass is 32.1. The molecule has 0 radical (unpaired) electrons. The molecule has 2 heteroatoms. The molecular formula is C17H23NS. The molecule has 1 aromatic carbocycles. The van der Waals surface area contributed by atoms with Gasteiger partial charge in [-0.05, 0) is 51.8 Å². The van der Waals surface area contributed by atoms with Crippen LogP contribution in [0.3, 0.4) is 0 Å². The molecule has 0 amide bonds. The Morgan fingerprint density at radius 1 is 1.05 bits per heavy atom. The highest BCUT2D eigenvalue weighted by Gasteiger charge is 2.05. The second kappa shape index (κ2) is 6.36. The first kappa shape index (κ1) is 14.3. The fraction of sp³-hybridized carbons (Fsp3) is 0.412. The van der Waals surface area contributed by atoms with Crippen LogP contribution in [0.25, 0.3) is 0 Å². The van der Waals surface area contributed by atoms with Crippen LogP contribution in [0.4, 0.5) is 0 Å². The third kappa shape index (κ3) is 4.48. The number of hydrogen-bond acceptors (Lipinski definition) is 2. The van der Waals surface area contributed by atoms with E-state index in [-0.39, 0.29) is 0 Å². The molecule has 2 aromatic rings. The van der Waals surface area contributed by atoms with Crippen LogP contribution in [-0.4, -0.2) is 6.04 Å². The van der Waals surface area contributed by atoms with Gasteiger partial charge in [0.2, 0.25) is 0 Å². The Bertz CT molecular complexity index is 522. The van der Waals surface area contributed by atoms with Crippen molar-refractivity contribution in [2.75, 3.05) is 0 Å². The average Bonchev–Trinajstić information content (AvgIpc) is 2.71. The van der Waals surface area contributed by atoms with Gasteiger partial charge in [0, 0.05) is 22.3 Å². The van der Waals surface area contributed by atoms with E-state index in [1.807, 2.05) is 11.3 Å². The minimum atomic E-state index is 0.513. The first-order chi connectivity index (χ1) is 9.02. The molecular weight excluding hydrogens is 250 g/mol. The summed E-state index contributed by atoms with van der Waals surface area (Å²) in [6, 6.07) is 11.7. The summed E-state index contributed by atoms with van der Waals surface area (Å²) in [5, 5.41) is 3.62. The summed E-state index contributed by atoms with van der Waals surface area (Å²) < 4.78 is 0. The molecule has 0 spiro atoms. The van der Waals surface area contributed by atoms with E-state index in [4.69, 9.17) is 0 Å². The lowest BCUT2D eigenvalue weighted by Crippen LogP contribution is -2.27. The molecule has 0 aliphatic carbocycles. The molecule has 0 bridgehead atoms. The number of thiophene rings is 1. The van der Waals surface area contributed by atoms with Crippen LogP contribution < -0.4 is 5.32 Å². The van der Waals surface area contributed by atoms with Gasteiger partial charge in [0.1, 0.15) is 0 Å². The molecule has 19 heavy (non-hydrogen) atoms. The highest BCUT2D eigenvalue weighted by molar-refractivity contribution is 7.11. The number of benzene rings is 1. The second-order valence-corrected chi connectivity index (χ2v) is 6.87. The van der Waals surface area contributed by atoms with Gasteiger partial charge < -0.3 is 5.32 Å². The van der Waals surface area contributed by atoms with Crippen LogP contribution in [-0.2, 0) is 13.0 Å². The molecule has 1 atom stereocenters. The van der Waals surface area contributed by atoms with E-state index in [1.165, 1.54) is 26.4 Å². The predicted octanol–water partition coefficient (Wildman–Crippen LogP) is 4.39. The third-order valence-corrected chi connectivity index (χ3v) is 4.26. The summed E-state index contributed by atoms with van der Waals surface area (Å²) in [5.41, 5.74) is 4.07. The predicted molar refractivity (Wildman–Crippen MR) is 85.0 cm³/mol. The van der Waals surface area contributed by atoms with Gasteiger partial charge in [-0.2, -0.15) is 0 Å². The summed E-state index contributed by atoms with van der Waals surface area (Å²) in [5.74, 6) is 0. The van der Waals surface area contributed by atoms with E-state index in [1.54, 1.807) is 0 Å².